The number of aliphatic hydroxyl groups is 1. The Hall–Kier alpha value is -0.160. The largest absolute Gasteiger partial charge is 0.392 e. The molecule has 0 aliphatic rings. The molecule has 0 aromatic carbocycles. The zero-order valence-corrected chi connectivity index (χ0v) is 9.77. The third-order valence-corrected chi connectivity index (χ3v) is 2.63. The van der Waals surface area contributed by atoms with Crippen molar-refractivity contribution in [3.05, 3.63) is 20.3 Å². The van der Waals surface area contributed by atoms with E-state index in [4.69, 9.17) is 10.5 Å². The highest BCUT2D eigenvalue weighted by Gasteiger charge is 2.03. The summed E-state index contributed by atoms with van der Waals surface area (Å²) in [6, 6.07) is 0. The van der Waals surface area contributed by atoms with Crippen LogP contribution in [0.2, 0.25) is 0 Å². The van der Waals surface area contributed by atoms with Crippen molar-refractivity contribution in [1.82, 2.24) is 0 Å². The second-order valence-electron chi connectivity index (χ2n) is 2.62. The summed E-state index contributed by atoms with van der Waals surface area (Å²) < 4.78 is 1.15. The normalized spacial score (nSPS) is 15.1. The minimum Gasteiger partial charge on any atom is -0.392 e. The zero-order valence-electron chi connectivity index (χ0n) is 7.61. The highest BCUT2D eigenvalue weighted by atomic mass is 127. The van der Waals surface area contributed by atoms with Gasteiger partial charge in [-0.3, -0.25) is 0 Å². The Morgan fingerprint density at radius 3 is 2.17 bits per heavy atom. The van der Waals surface area contributed by atoms with E-state index in [0.717, 1.165) is 20.3 Å². The fourth-order valence-corrected chi connectivity index (χ4v) is 1.16. The zero-order chi connectivity index (χ0) is 9.72. The Balaban J connectivity index is 5.06. The lowest BCUT2D eigenvalue weighted by atomic mass is 10.0. The molecule has 68 valence electrons. The van der Waals surface area contributed by atoms with E-state index in [0.29, 0.717) is 0 Å². The second kappa shape index (κ2) is 5.48. The molecule has 0 saturated heterocycles. The van der Waals surface area contributed by atoms with Gasteiger partial charge in [0.25, 0.3) is 0 Å². The summed E-state index contributed by atoms with van der Waals surface area (Å²) in [6.45, 7) is 5.79. The molecule has 0 radical (unpaired) electrons. The average molecular weight is 279 g/mol. The Morgan fingerprint density at radius 1 is 1.42 bits per heavy atom. The van der Waals surface area contributed by atoms with Crippen molar-refractivity contribution < 1.29 is 5.11 Å². The molecule has 0 heterocycles. The van der Waals surface area contributed by atoms with Gasteiger partial charge in [-0.05, 0) is 63.7 Å². The maximum atomic E-state index is 9.05. The highest BCUT2D eigenvalue weighted by molar-refractivity contribution is 14.1. The highest BCUT2D eigenvalue weighted by Crippen LogP contribution is 2.20. The number of allylic oxidation sites excluding steroid dienone is 2. The van der Waals surface area contributed by atoms with E-state index in [-0.39, 0.29) is 6.61 Å². The number of halogens is 1. The van der Waals surface area contributed by atoms with Gasteiger partial charge in [-0.15, -0.1) is 0 Å². The smallest absolute Gasteiger partial charge is 0.0687 e. The summed E-state index contributed by atoms with van der Waals surface area (Å²) in [4.78, 5) is 0. The van der Waals surface area contributed by atoms with Gasteiger partial charge < -0.3 is 10.5 Å². The van der Waals surface area contributed by atoms with E-state index >= 15 is 0 Å². The van der Waals surface area contributed by atoms with E-state index in [9.17, 15) is 0 Å². The summed E-state index contributed by atoms with van der Waals surface area (Å²) >= 11 is 2.22. The first kappa shape index (κ1) is 11.8. The lowest BCUT2D eigenvalue weighted by Crippen LogP contribution is -1.98. The topological polar surface area (TPSA) is 44.1 Å². The molecular formula is C9H14INO. The number of nitrogens with one attached hydrogen (secondary N) is 1. The van der Waals surface area contributed by atoms with Crippen LogP contribution in [0, 0.1) is 5.41 Å². The lowest BCUT2D eigenvalue weighted by molar-refractivity contribution is 0.332. The third kappa shape index (κ3) is 3.06. The van der Waals surface area contributed by atoms with Gasteiger partial charge >= 0.3 is 0 Å². The molecule has 0 aromatic rings. The van der Waals surface area contributed by atoms with Crippen LogP contribution < -0.4 is 0 Å². The molecule has 0 amide bonds. The molecule has 0 bridgehead atoms. The first-order valence-corrected chi connectivity index (χ1v) is 4.76. The molecule has 0 fully saturated rings. The molecule has 0 aliphatic carbocycles. The van der Waals surface area contributed by atoms with Crippen LogP contribution in [-0.2, 0) is 0 Å². The number of rotatable bonds is 3. The number of aliphatic hydroxyl groups excluding tert-OH is 1. The van der Waals surface area contributed by atoms with Gasteiger partial charge in [-0.1, -0.05) is 0 Å². The van der Waals surface area contributed by atoms with Crippen molar-refractivity contribution in [3.8, 4) is 0 Å². The van der Waals surface area contributed by atoms with Crippen LogP contribution in [0.1, 0.15) is 20.8 Å². The fourth-order valence-electron chi connectivity index (χ4n) is 0.834. The van der Waals surface area contributed by atoms with Crippen molar-refractivity contribution in [3.63, 3.8) is 0 Å². The van der Waals surface area contributed by atoms with Crippen molar-refractivity contribution in [2.24, 2.45) is 0 Å². The van der Waals surface area contributed by atoms with Crippen LogP contribution >= 0.6 is 22.6 Å². The van der Waals surface area contributed by atoms with Gasteiger partial charge in [-0.2, -0.15) is 0 Å². The molecule has 0 atom stereocenters. The van der Waals surface area contributed by atoms with Gasteiger partial charge in [0.2, 0.25) is 0 Å². The molecule has 2 nitrogen and oxygen atoms in total. The molecular weight excluding hydrogens is 265 g/mol. The molecule has 12 heavy (non-hydrogen) atoms. The Bertz CT molecular complexity index is 231. The molecule has 0 unspecified atom stereocenters. The standard InChI is InChI=1S/C9H14INO/c1-6(4-11)9(5-12)7(2)8(3)10/h4,11-12H,5H2,1-3H3/b8-7+,9-6-,11-4?. The van der Waals surface area contributed by atoms with Crippen LogP contribution in [0.5, 0.6) is 0 Å². The third-order valence-electron chi connectivity index (χ3n) is 1.82. The molecule has 0 saturated carbocycles. The predicted molar refractivity (Wildman–Crippen MR) is 61.0 cm³/mol. The summed E-state index contributed by atoms with van der Waals surface area (Å²) in [5.74, 6) is 0. The van der Waals surface area contributed by atoms with Crippen LogP contribution in [0.3, 0.4) is 0 Å². The van der Waals surface area contributed by atoms with Gasteiger partial charge in [-0.25, -0.2) is 0 Å². The van der Waals surface area contributed by atoms with Crippen molar-refractivity contribution >= 4 is 28.8 Å². The van der Waals surface area contributed by atoms with E-state index in [1.165, 1.54) is 6.21 Å². The van der Waals surface area contributed by atoms with E-state index in [2.05, 4.69) is 22.6 Å². The minimum absolute atomic E-state index is 0.00733. The van der Waals surface area contributed by atoms with Gasteiger partial charge in [0.05, 0.1) is 6.61 Å². The van der Waals surface area contributed by atoms with Crippen LogP contribution in [-0.4, -0.2) is 17.9 Å². The number of hydrogen-bond acceptors (Lipinski definition) is 2. The van der Waals surface area contributed by atoms with E-state index < -0.39 is 0 Å². The summed E-state index contributed by atoms with van der Waals surface area (Å²) in [7, 11) is 0. The molecule has 0 aliphatic heterocycles. The Kier molecular flexibility index (Phi) is 5.41. The lowest BCUT2D eigenvalue weighted by Gasteiger charge is -2.07. The van der Waals surface area contributed by atoms with Gasteiger partial charge in [0, 0.05) is 6.21 Å². The van der Waals surface area contributed by atoms with Crippen LogP contribution in [0.4, 0.5) is 0 Å². The second-order valence-corrected chi connectivity index (χ2v) is 4.24. The Labute approximate surface area is 87.0 Å². The summed E-state index contributed by atoms with van der Waals surface area (Å²) in [5.41, 5.74) is 2.75. The average Bonchev–Trinajstić information content (AvgIpc) is 2.05. The number of hydrogen-bond donors (Lipinski definition) is 2. The minimum atomic E-state index is 0.00733. The maximum absolute atomic E-state index is 9.05. The maximum Gasteiger partial charge on any atom is 0.0687 e. The van der Waals surface area contributed by atoms with Gasteiger partial charge in [0.1, 0.15) is 0 Å². The van der Waals surface area contributed by atoms with E-state index in [1.54, 1.807) is 0 Å². The molecule has 0 rings (SSSR count). The SMILES string of the molecule is C/C(I)=C(C)\C(CO)=C(\C)C=N. The summed E-state index contributed by atoms with van der Waals surface area (Å²) in [6.07, 6.45) is 1.27. The van der Waals surface area contributed by atoms with Gasteiger partial charge in [0.15, 0.2) is 0 Å². The molecule has 3 heteroatoms. The van der Waals surface area contributed by atoms with Crippen molar-refractivity contribution in [1.29, 1.82) is 5.41 Å². The predicted octanol–water partition coefficient (Wildman–Crippen LogP) is 2.67. The summed E-state index contributed by atoms with van der Waals surface area (Å²) in [5, 5.41) is 16.1. The first-order valence-electron chi connectivity index (χ1n) is 3.69. The molecule has 0 spiro atoms. The Morgan fingerprint density at radius 2 is 1.92 bits per heavy atom. The monoisotopic (exact) mass is 279 g/mol. The molecule has 0 aromatic heterocycles. The van der Waals surface area contributed by atoms with Crippen molar-refractivity contribution in [2.75, 3.05) is 6.61 Å². The molecule has 2 N–H and O–H groups in total. The quantitative estimate of drug-likeness (QED) is 0.465. The first-order chi connectivity index (χ1) is 5.54. The van der Waals surface area contributed by atoms with Crippen molar-refractivity contribution in [2.45, 2.75) is 20.8 Å². The van der Waals surface area contributed by atoms with Crippen LogP contribution in [0.25, 0.3) is 0 Å². The van der Waals surface area contributed by atoms with E-state index in [1.807, 2.05) is 20.8 Å². The van der Waals surface area contributed by atoms with Crippen LogP contribution in [0.15, 0.2) is 20.3 Å². The fraction of sp³-hybridized carbons (Fsp3) is 0.444.